The van der Waals surface area contributed by atoms with Gasteiger partial charge in [0.15, 0.2) is 6.10 Å². The molecule has 6 heteroatoms. The molecule has 0 saturated carbocycles. The van der Waals surface area contributed by atoms with Crippen molar-refractivity contribution in [1.82, 2.24) is 0 Å². The molecule has 0 aliphatic heterocycles. The van der Waals surface area contributed by atoms with Crippen molar-refractivity contribution < 1.29 is 28.6 Å². The van der Waals surface area contributed by atoms with E-state index in [0.29, 0.717) is 19.3 Å². The molecule has 0 bridgehead atoms. The number of hydrogen-bond donors (Lipinski definition) is 0. The topological polar surface area (TPSA) is 78.9 Å². The third kappa shape index (κ3) is 64.0. The van der Waals surface area contributed by atoms with Crippen molar-refractivity contribution in [1.29, 1.82) is 0 Å². The predicted octanol–water partition coefficient (Wildman–Crippen LogP) is 22.3. The van der Waals surface area contributed by atoms with E-state index < -0.39 is 6.10 Å². The third-order valence-electron chi connectivity index (χ3n) is 13.3. The second-order valence-corrected chi connectivity index (χ2v) is 20.9. The third-order valence-corrected chi connectivity index (χ3v) is 13.3. The van der Waals surface area contributed by atoms with E-state index in [4.69, 9.17) is 14.2 Å². The fourth-order valence-corrected chi connectivity index (χ4v) is 8.50. The Balaban J connectivity index is 4.27. The van der Waals surface area contributed by atoms with Crippen molar-refractivity contribution in [3.05, 3.63) is 146 Å². The highest BCUT2D eigenvalue weighted by Crippen LogP contribution is 2.14. The summed E-state index contributed by atoms with van der Waals surface area (Å²) >= 11 is 0. The molecule has 0 spiro atoms. The Hall–Kier alpha value is -4.71. The van der Waals surface area contributed by atoms with Crippen molar-refractivity contribution in [2.45, 2.75) is 284 Å². The summed E-state index contributed by atoms with van der Waals surface area (Å²) in [6.45, 7) is 6.45. The summed E-state index contributed by atoms with van der Waals surface area (Å²) in [5, 5.41) is 0. The summed E-state index contributed by atoms with van der Waals surface area (Å²) in [6, 6.07) is 0. The molecule has 0 N–H and O–H groups in total. The average molecular weight is 1090 g/mol. The van der Waals surface area contributed by atoms with E-state index in [0.717, 1.165) is 148 Å². The zero-order chi connectivity index (χ0) is 57.1. The smallest absolute Gasteiger partial charge is 0.306 e. The first-order valence-corrected chi connectivity index (χ1v) is 32.3. The molecule has 0 aromatic heterocycles. The number of hydrogen-bond acceptors (Lipinski definition) is 6. The van der Waals surface area contributed by atoms with Gasteiger partial charge in [-0.1, -0.05) is 276 Å². The first-order chi connectivity index (χ1) is 39.0. The van der Waals surface area contributed by atoms with Crippen LogP contribution < -0.4 is 0 Å². The van der Waals surface area contributed by atoms with Gasteiger partial charge in [0.05, 0.1) is 0 Å². The Labute approximate surface area is 487 Å². The van der Waals surface area contributed by atoms with E-state index in [1.807, 2.05) is 0 Å². The number of rotatable bonds is 57. The molecule has 0 aliphatic carbocycles. The van der Waals surface area contributed by atoms with Gasteiger partial charge in [0, 0.05) is 19.3 Å². The van der Waals surface area contributed by atoms with Gasteiger partial charge in [-0.3, -0.25) is 14.4 Å². The van der Waals surface area contributed by atoms with Gasteiger partial charge in [-0.25, -0.2) is 0 Å². The Bertz CT molecular complexity index is 1730. The second kappa shape index (κ2) is 65.8. The van der Waals surface area contributed by atoms with Crippen molar-refractivity contribution in [3.63, 3.8) is 0 Å². The molecule has 0 aromatic carbocycles. The maximum absolute atomic E-state index is 12.9. The molecule has 0 saturated heterocycles. The van der Waals surface area contributed by atoms with Crippen molar-refractivity contribution in [3.8, 4) is 0 Å². The number of allylic oxidation sites excluding steroid dienone is 24. The standard InChI is InChI=1S/C73H118O6/c1-4-7-10-13-16-19-21-23-25-27-28-29-30-31-32-33-34-35-36-37-38-39-40-41-42-43-44-46-47-49-51-54-57-60-63-66-72(75)78-69-70(68-77-71(74)65-62-59-56-53-18-15-12-9-6-3)79-73(76)67-64-61-58-55-52-50-48-45-26-24-22-20-17-14-11-8-5-2/h7,10,16-17,19-20,23-26,28-29,31-32,34-35,37-38,40-41,43-44,47,49,70H,4-6,8-9,11-15,18,21-22,27,30,33,36,39,42,45-46,48,50-69H2,1-3H3/b10-7-,19-16-,20-17-,25-23-,26-24-,29-28-,32-31-,35-34-,38-37-,41-40-,44-43-,49-47-. The van der Waals surface area contributed by atoms with Crippen LogP contribution in [0, 0.1) is 0 Å². The van der Waals surface area contributed by atoms with Gasteiger partial charge in [0.2, 0.25) is 0 Å². The maximum Gasteiger partial charge on any atom is 0.306 e. The van der Waals surface area contributed by atoms with Crippen LogP contribution in [-0.2, 0) is 28.6 Å². The number of carbonyl (C=O) groups is 3. The zero-order valence-corrected chi connectivity index (χ0v) is 51.1. The van der Waals surface area contributed by atoms with E-state index in [1.165, 1.54) is 89.9 Å². The SMILES string of the molecule is CC/C=C\C/C=C\C/C=C\C/C=C\C/C=C\C/C=C\C/C=C\C/C=C\C/C=C\C/C=C\CCCCCCC(=O)OCC(COC(=O)CCCCCCCCCCC)OC(=O)CCCCCCCCC/C=C\C/C=C\CCCCC. The lowest BCUT2D eigenvalue weighted by Crippen LogP contribution is -2.30. The lowest BCUT2D eigenvalue weighted by molar-refractivity contribution is -0.167. The molecule has 446 valence electrons. The van der Waals surface area contributed by atoms with Crippen LogP contribution in [-0.4, -0.2) is 37.2 Å². The lowest BCUT2D eigenvalue weighted by atomic mass is 10.1. The van der Waals surface area contributed by atoms with Gasteiger partial charge in [-0.2, -0.15) is 0 Å². The number of ether oxygens (including phenoxy) is 3. The molecule has 0 aromatic rings. The van der Waals surface area contributed by atoms with Gasteiger partial charge >= 0.3 is 17.9 Å². The zero-order valence-electron chi connectivity index (χ0n) is 51.1. The molecular formula is C73H118O6. The van der Waals surface area contributed by atoms with Crippen LogP contribution in [0.1, 0.15) is 278 Å². The molecule has 79 heavy (non-hydrogen) atoms. The first kappa shape index (κ1) is 74.3. The minimum Gasteiger partial charge on any atom is -0.462 e. The predicted molar refractivity (Wildman–Crippen MR) is 343 cm³/mol. The molecule has 0 amide bonds. The quantitative estimate of drug-likeness (QED) is 0.0261. The van der Waals surface area contributed by atoms with Gasteiger partial charge in [-0.05, 0) is 128 Å². The van der Waals surface area contributed by atoms with E-state index in [2.05, 4.69) is 167 Å². The van der Waals surface area contributed by atoms with Gasteiger partial charge in [-0.15, -0.1) is 0 Å². The normalized spacial score (nSPS) is 13.1. The molecule has 0 aliphatic rings. The van der Waals surface area contributed by atoms with E-state index in [9.17, 15) is 14.4 Å². The highest BCUT2D eigenvalue weighted by molar-refractivity contribution is 5.71. The Morgan fingerprint density at radius 3 is 0.797 bits per heavy atom. The van der Waals surface area contributed by atoms with E-state index >= 15 is 0 Å². The molecular weight excluding hydrogens is 973 g/mol. The molecule has 0 radical (unpaired) electrons. The molecule has 1 atom stereocenters. The Morgan fingerprint density at radius 1 is 0.266 bits per heavy atom. The summed E-state index contributed by atoms with van der Waals surface area (Å²) in [4.78, 5) is 38.1. The highest BCUT2D eigenvalue weighted by atomic mass is 16.6. The molecule has 0 heterocycles. The Morgan fingerprint density at radius 2 is 0.494 bits per heavy atom. The monoisotopic (exact) mass is 1090 g/mol. The fraction of sp³-hybridized carbons (Fsp3) is 0.630. The Kier molecular flexibility index (Phi) is 61.9. The summed E-state index contributed by atoms with van der Waals surface area (Å²) in [5.74, 6) is -0.929. The largest absolute Gasteiger partial charge is 0.462 e. The number of esters is 3. The first-order valence-electron chi connectivity index (χ1n) is 32.3. The molecule has 1 unspecified atom stereocenters. The van der Waals surface area contributed by atoms with Gasteiger partial charge in [0.25, 0.3) is 0 Å². The van der Waals surface area contributed by atoms with Crippen LogP contribution in [0.4, 0.5) is 0 Å². The highest BCUT2D eigenvalue weighted by Gasteiger charge is 2.19. The number of carbonyl (C=O) groups excluding carboxylic acids is 3. The van der Waals surface area contributed by atoms with Crippen LogP contribution in [0.15, 0.2) is 146 Å². The fourth-order valence-electron chi connectivity index (χ4n) is 8.50. The van der Waals surface area contributed by atoms with Gasteiger partial charge in [0.1, 0.15) is 13.2 Å². The van der Waals surface area contributed by atoms with Crippen molar-refractivity contribution >= 4 is 17.9 Å². The molecule has 0 fully saturated rings. The average Bonchev–Trinajstić information content (AvgIpc) is 3.45. The van der Waals surface area contributed by atoms with Crippen molar-refractivity contribution in [2.75, 3.05) is 13.2 Å². The summed E-state index contributed by atoms with van der Waals surface area (Å²) in [7, 11) is 0. The van der Waals surface area contributed by atoms with E-state index in [-0.39, 0.29) is 31.1 Å². The number of unbranched alkanes of at least 4 members (excludes halogenated alkanes) is 22. The lowest BCUT2D eigenvalue weighted by Gasteiger charge is -2.18. The summed E-state index contributed by atoms with van der Waals surface area (Å²) < 4.78 is 16.8. The van der Waals surface area contributed by atoms with Crippen LogP contribution in [0.3, 0.4) is 0 Å². The van der Waals surface area contributed by atoms with E-state index in [1.54, 1.807) is 0 Å². The maximum atomic E-state index is 12.9. The van der Waals surface area contributed by atoms with Crippen LogP contribution in [0.5, 0.6) is 0 Å². The minimum absolute atomic E-state index is 0.0916. The van der Waals surface area contributed by atoms with Crippen LogP contribution in [0.25, 0.3) is 0 Å². The molecule has 6 nitrogen and oxygen atoms in total. The second-order valence-electron chi connectivity index (χ2n) is 20.9. The van der Waals surface area contributed by atoms with Gasteiger partial charge < -0.3 is 14.2 Å². The summed E-state index contributed by atoms with van der Waals surface area (Å²) in [6.07, 6.45) is 94.3. The van der Waals surface area contributed by atoms with Crippen LogP contribution in [0.2, 0.25) is 0 Å². The minimum atomic E-state index is -0.796. The molecule has 0 rings (SSSR count). The summed E-state index contributed by atoms with van der Waals surface area (Å²) in [5.41, 5.74) is 0. The van der Waals surface area contributed by atoms with Crippen molar-refractivity contribution in [2.24, 2.45) is 0 Å². The van der Waals surface area contributed by atoms with Crippen LogP contribution >= 0.6 is 0 Å².